The third kappa shape index (κ3) is 25.8. The van der Waals surface area contributed by atoms with E-state index in [0.29, 0.717) is 22.5 Å². The van der Waals surface area contributed by atoms with Crippen molar-refractivity contribution in [3.63, 3.8) is 0 Å². The lowest BCUT2D eigenvalue weighted by atomic mass is 10.1. The lowest BCUT2D eigenvalue weighted by molar-refractivity contribution is -0.137. The first-order valence-electron chi connectivity index (χ1n) is 8.51. The van der Waals surface area contributed by atoms with Gasteiger partial charge in [-0.3, -0.25) is 9.59 Å². The smallest absolute Gasteiger partial charge is 0.481 e. The molecule has 0 fully saturated rings. The molecule has 0 heterocycles. The van der Waals surface area contributed by atoms with Crippen LogP contribution >= 0.6 is 0 Å². The molecule has 0 aromatic heterocycles. The lowest BCUT2D eigenvalue weighted by Gasteiger charge is -1.94. The molecule has 8 nitrogen and oxygen atoms in total. The summed E-state index contributed by atoms with van der Waals surface area (Å²) >= 11 is 0. The molecule has 0 saturated heterocycles. The van der Waals surface area contributed by atoms with E-state index in [-0.39, 0.29) is 12.8 Å². The zero-order valence-electron chi connectivity index (χ0n) is 16.7. The van der Waals surface area contributed by atoms with Crippen molar-refractivity contribution in [1.29, 1.82) is 10.8 Å². The van der Waals surface area contributed by atoms with Gasteiger partial charge in [-0.2, -0.15) is 0 Å². The van der Waals surface area contributed by atoms with Crippen LogP contribution in [0.1, 0.15) is 11.1 Å². The quantitative estimate of drug-likeness (QED) is 0.292. The predicted molar refractivity (Wildman–Crippen MR) is 105 cm³/mol. The van der Waals surface area contributed by atoms with Gasteiger partial charge in [-0.05, 0) is 11.1 Å². The van der Waals surface area contributed by atoms with Gasteiger partial charge < -0.3 is 44.7 Å². The van der Waals surface area contributed by atoms with Gasteiger partial charge in [-0.15, -0.1) is 0 Å². The van der Waals surface area contributed by atoms with Crippen molar-refractivity contribution in [2.45, 2.75) is 12.8 Å². The molecule has 0 aliphatic carbocycles. The van der Waals surface area contributed by atoms with Crippen molar-refractivity contribution in [3.8, 4) is 0 Å². The summed E-state index contributed by atoms with van der Waals surface area (Å²) in [5.74, 6) is -1.74. The Hall–Kier alpha value is -4.21. The highest BCUT2D eigenvalue weighted by Gasteiger charge is 2.21. The number of carbonyl (C=O) groups is 2. The molecule has 0 spiro atoms. The molecule has 0 atom stereocenters. The molecule has 0 aliphatic heterocycles. The Labute approximate surface area is 186 Å². The Morgan fingerprint density at radius 3 is 0.971 bits per heavy atom. The number of carboxylic acids is 2. The molecule has 184 valence electrons. The predicted octanol–water partition coefficient (Wildman–Crippen LogP) is 6.20. The molecule has 0 aliphatic rings. The molecule has 2 rings (SSSR count). The average Bonchev–Trinajstić information content (AvgIpc) is 2.66. The molecule has 0 unspecified atom stereocenters. The zero-order chi connectivity index (χ0) is 26.9. The number of diazo groups is 2. The van der Waals surface area contributed by atoms with E-state index < -0.39 is 26.4 Å². The highest BCUT2D eigenvalue weighted by molar-refractivity contribution is 6.50. The van der Waals surface area contributed by atoms with E-state index in [1.165, 1.54) is 0 Å². The van der Waals surface area contributed by atoms with Crippen molar-refractivity contribution in [1.82, 2.24) is 0 Å². The minimum Gasteiger partial charge on any atom is -0.481 e. The third-order valence-electron chi connectivity index (χ3n) is 2.81. The number of benzene rings is 2. The lowest BCUT2D eigenvalue weighted by Crippen LogP contribution is -2.02. The SMILES string of the molecule is F[B-](F)(F)F.F[B-](F)(F)F.N#[N+]c1ccc(CC(=O)O)cc1.N#[N+]c1ccc(CC(=O)O)cc1. The summed E-state index contributed by atoms with van der Waals surface area (Å²) < 4.78 is 78.0. The van der Waals surface area contributed by atoms with Gasteiger partial charge >= 0.3 is 37.8 Å². The summed E-state index contributed by atoms with van der Waals surface area (Å²) in [6, 6.07) is 12.7. The van der Waals surface area contributed by atoms with Gasteiger partial charge in [-0.1, -0.05) is 24.3 Å². The number of hydrogen-bond acceptors (Lipinski definition) is 4. The third-order valence-corrected chi connectivity index (χ3v) is 2.81. The fourth-order valence-corrected chi connectivity index (χ4v) is 1.71. The van der Waals surface area contributed by atoms with Gasteiger partial charge in [-0.25, -0.2) is 0 Å². The van der Waals surface area contributed by atoms with Crippen LogP contribution in [0.15, 0.2) is 48.5 Å². The second kappa shape index (κ2) is 15.6. The summed E-state index contributed by atoms with van der Waals surface area (Å²) in [4.78, 5) is 26.4. The second-order valence-corrected chi connectivity index (χ2v) is 5.66. The maximum absolute atomic E-state index is 10.3. The Morgan fingerprint density at radius 2 is 0.824 bits per heavy atom. The topological polar surface area (TPSA) is 131 Å². The highest BCUT2D eigenvalue weighted by atomic mass is 19.5. The summed E-state index contributed by atoms with van der Waals surface area (Å²) in [5.41, 5.74) is 2.22. The van der Waals surface area contributed by atoms with Gasteiger partial charge in [0.05, 0.1) is 12.8 Å². The van der Waals surface area contributed by atoms with Crippen LogP contribution in [0.4, 0.5) is 45.9 Å². The minimum atomic E-state index is -6.00. The van der Waals surface area contributed by atoms with Crippen LogP contribution in [0.2, 0.25) is 0 Å². The number of halogens is 8. The van der Waals surface area contributed by atoms with Crippen LogP contribution in [0, 0.1) is 10.8 Å². The largest absolute Gasteiger partial charge is 0.673 e. The van der Waals surface area contributed by atoms with Crippen LogP contribution in [-0.4, -0.2) is 36.7 Å². The molecular formula is C16H14B2F8N4O4. The molecular weight excluding hydrogens is 486 g/mol. The van der Waals surface area contributed by atoms with Crippen molar-refractivity contribution in [3.05, 3.63) is 69.6 Å². The van der Waals surface area contributed by atoms with Crippen LogP contribution in [0.25, 0.3) is 9.95 Å². The molecule has 18 heteroatoms. The maximum atomic E-state index is 10.3. The van der Waals surface area contributed by atoms with Crippen LogP contribution < -0.4 is 0 Å². The summed E-state index contributed by atoms with van der Waals surface area (Å²) in [7, 11) is -12.0. The van der Waals surface area contributed by atoms with Crippen LogP contribution in [0.5, 0.6) is 0 Å². The minimum absolute atomic E-state index is 0.00823. The Bertz CT molecular complexity index is 896. The number of hydrogen-bond donors (Lipinski definition) is 2. The Morgan fingerprint density at radius 1 is 0.618 bits per heavy atom. The van der Waals surface area contributed by atoms with E-state index in [2.05, 4.69) is 9.95 Å². The number of nitrogens with zero attached hydrogens (tertiary/aromatic N) is 4. The highest BCUT2D eigenvalue weighted by Crippen LogP contribution is 2.13. The zero-order valence-corrected chi connectivity index (χ0v) is 16.7. The number of aliphatic carboxylic acids is 2. The van der Waals surface area contributed by atoms with Crippen molar-refractivity contribution < 1.29 is 54.3 Å². The van der Waals surface area contributed by atoms with Gasteiger partial charge in [0.15, 0.2) is 9.95 Å². The molecule has 0 bridgehead atoms. The van der Waals surface area contributed by atoms with E-state index in [1.807, 2.05) is 0 Å². The monoisotopic (exact) mass is 500 g/mol. The van der Waals surface area contributed by atoms with Crippen molar-refractivity contribution in [2.24, 2.45) is 0 Å². The fraction of sp³-hybridized carbons (Fsp3) is 0.125. The van der Waals surface area contributed by atoms with Crippen LogP contribution in [0.3, 0.4) is 0 Å². The molecule has 0 saturated carbocycles. The normalized spacial score (nSPS) is 9.82. The summed E-state index contributed by atoms with van der Waals surface area (Å²) in [5, 5.41) is 33.5. The first kappa shape index (κ1) is 32.0. The number of rotatable bonds is 4. The molecule has 2 N–H and O–H groups in total. The summed E-state index contributed by atoms with van der Waals surface area (Å²) in [6.07, 6.45) is -0.0165. The Kier molecular flexibility index (Phi) is 14.6. The summed E-state index contributed by atoms with van der Waals surface area (Å²) in [6.45, 7) is 0. The molecule has 2 aromatic rings. The fourth-order valence-electron chi connectivity index (χ4n) is 1.71. The van der Waals surface area contributed by atoms with Crippen molar-refractivity contribution in [2.75, 3.05) is 0 Å². The van der Waals surface area contributed by atoms with E-state index >= 15 is 0 Å². The first-order valence-corrected chi connectivity index (χ1v) is 8.51. The maximum Gasteiger partial charge on any atom is 0.673 e. The standard InChI is InChI=1S/2C8H6N2O2.2BF4/c2*9-10-7-3-1-6(2-4-7)5-8(11)12;2*2-1(3,4)5/h2*1-4H,5H2;;/q;;2*-1/p+2. The van der Waals surface area contributed by atoms with Gasteiger partial charge in [0.25, 0.3) is 0 Å². The van der Waals surface area contributed by atoms with Gasteiger partial charge in [0, 0.05) is 24.3 Å². The van der Waals surface area contributed by atoms with Gasteiger partial charge in [0.2, 0.25) is 10.8 Å². The number of carboxylic acid groups (broad SMARTS) is 2. The average molecular weight is 500 g/mol. The van der Waals surface area contributed by atoms with Gasteiger partial charge in [0.1, 0.15) is 0 Å². The molecule has 34 heavy (non-hydrogen) atoms. The van der Waals surface area contributed by atoms with E-state index in [1.54, 1.807) is 48.5 Å². The molecule has 0 radical (unpaired) electrons. The van der Waals surface area contributed by atoms with E-state index in [9.17, 15) is 44.1 Å². The molecule has 0 amide bonds. The van der Waals surface area contributed by atoms with Crippen LogP contribution in [-0.2, 0) is 22.4 Å². The molecule has 2 aromatic carbocycles. The van der Waals surface area contributed by atoms with E-state index in [0.717, 1.165) is 0 Å². The van der Waals surface area contributed by atoms with E-state index in [4.69, 9.17) is 21.0 Å². The Balaban J connectivity index is 0. The second-order valence-electron chi connectivity index (χ2n) is 5.66. The van der Waals surface area contributed by atoms with Crippen molar-refractivity contribution >= 4 is 37.8 Å². The first-order chi connectivity index (χ1) is 15.4.